The van der Waals surface area contributed by atoms with Crippen molar-refractivity contribution in [1.29, 1.82) is 0 Å². The van der Waals surface area contributed by atoms with E-state index in [1.165, 1.54) is 6.92 Å². The fourth-order valence-electron chi connectivity index (χ4n) is 3.28. The molecule has 1 aliphatic heterocycles. The predicted molar refractivity (Wildman–Crippen MR) is 101 cm³/mol. The SMILES string of the molecule is COc1cc(C)c(S(=O)(=O)Nc2ccc3c(c2)CCN3C(C)=O)cc1C. The number of amides is 1. The van der Waals surface area contributed by atoms with E-state index >= 15 is 0 Å². The third-order valence-electron chi connectivity index (χ3n) is 4.59. The first-order valence-electron chi connectivity index (χ1n) is 8.32. The smallest absolute Gasteiger partial charge is 0.262 e. The number of fused-ring (bicyclic) bond motifs is 1. The first-order valence-corrected chi connectivity index (χ1v) is 9.80. The average Bonchev–Trinajstić information content (AvgIpc) is 2.99. The van der Waals surface area contributed by atoms with Crippen molar-refractivity contribution in [2.45, 2.75) is 32.1 Å². The van der Waals surface area contributed by atoms with Gasteiger partial charge in [-0.2, -0.15) is 0 Å². The summed E-state index contributed by atoms with van der Waals surface area (Å²) in [6.07, 6.45) is 0.713. The lowest BCUT2D eigenvalue weighted by atomic mass is 10.1. The van der Waals surface area contributed by atoms with Gasteiger partial charge in [-0.05, 0) is 67.3 Å². The number of hydrogen-bond acceptors (Lipinski definition) is 4. The predicted octanol–water partition coefficient (Wildman–Crippen LogP) is 3.02. The van der Waals surface area contributed by atoms with Gasteiger partial charge in [0.2, 0.25) is 5.91 Å². The summed E-state index contributed by atoms with van der Waals surface area (Å²) in [5.74, 6) is 0.643. The largest absolute Gasteiger partial charge is 0.496 e. The molecule has 6 nitrogen and oxygen atoms in total. The van der Waals surface area contributed by atoms with Gasteiger partial charge in [-0.25, -0.2) is 8.42 Å². The van der Waals surface area contributed by atoms with Gasteiger partial charge < -0.3 is 9.64 Å². The second kappa shape index (κ2) is 6.64. The van der Waals surface area contributed by atoms with Crippen LogP contribution in [0.1, 0.15) is 23.6 Å². The van der Waals surface area contributed by atoms with Crippen LogP contribution in [-0.2, 0) is 21.2 Å². The Bertz CT molecular complexity index is 983. The van der Waals surface area contributed by atoms with Gasteiger partial charge in [0.15, 0.2) is 0 Å². The van der Waals surface area contributed by atoms with Crippen LogP contribution in [0.25, 0.3) is 0 Å². The maximum atomic E-state index is 12.8. The lowest BCUT2D eigenvalue weighted by Crippen LogP contribution is -2.25. The fourth-order valence-corrected chi connectivity index (χ4v) is 4.64. The van der Waals surface area contributed by atoms with Crippen molar-refractivity contribution in [2.75, 3.05) is 23.3 Å². The van der Waals surface area contributed by atoms with E-state index in [9.17, 15) is 13.2 Å². The van der Waals surface area contributed by atoms with Crippen LogP contribution in [0.15, 0.2) is 35.2 Å². The molecule has 1 aliphatic rings. The number of carbonyl (C=O) groups is 1. The van der Waals surface area contributed by atoms with Crippen LogP contribution >= 0.6 is 0 Å². The van der Waals surface area contributed by atoms with Crippen molar-refractivity contribution in [3.63, 3.8) is 0 Å². The molecule has 0 atom stereocenters. The Kier molecular flexibility index (Phi) is 4.66. The number of carbonyl (C=O) groups excluding carboxylic acids is 1. The van der Waals surface area contributed by atoms with Crippen molar-refractivity contribution >= 4 is 27.3 Å². The highest BCUT2D eigenvalue weighted by Crippen LogP contribution is 2.32. The number of anilines is 2. The number of nitrogens with zero attached hydrogens (tertiary/aromatic N) is 1. The Hall–Kier alpha value is -2.54. The van der Waals surface area contributed by atoms with Crippen LogP contribution in [-0.4, -0.2) is 28.0 Å². The Labute approximate surface area is 153 Å². The molecule has 1 heterocycles. The van der Waals surface area contributed by atoms with Gasteiger partial charge in [-0.1, -0.05) is 0 Å². The van der Waals surface area contributed by atoms with Crippen LogP contribution in [0.2, 0.25) is 0 Å². The second-order valence-corrected chi connectivity index (χ2v) is 8.11. The van der Waals surface area contributed by atoms with E-state index in [1.54, 1.807) is 49.3 Å². The van der Waals surface area contributed by atoms with Crippen LogP contribution in [0.3, 0.4) is 0 Å². The zero-order valence-corrected chi connectivity index (χ0v) is 16.1. The minimum absolute atomic E-state index is 0.0126. The molecule has 0 aliphatic carbocycles. The Balaban J connectivity index is 1.92. The topological polar surface area (TPSA) is 75.7 Å². The second-order valence-electron chi connectivity index (χ2n) is 6.46. The van der Waals surface area contributed by atoms with Crippen molar-refractivity contribution in [3.05, 3.63) is 47.0 Å². The molecule has 0 aromatic heterocycles. The molecule has 2 aromatic carbocycles. The number of nitrogens with one attached hydrogen (secondary N) is 1. The zero-order chi connectivity index (χ0) is 19.1. The highest BCUT2D eigenvalue weighted by Gasteiger charge is 2.24. The molecule has 26 heavy (non-hydrogen) atoms. The van der Waals surface area contributed by atoms with E-state index in [0.717, 1.165) is 16.8 Å². The number of hydrogen-bond donors (Lipinski definition) is 1. The van der Waals surface area contributed by atoms with E-state index in [2.05, 4.69) is 4.72 Å². The van der Waals surface area contributed by atoms with E-state index in [-0.39, 0.29) is 10.8 Å². The molecule has 1 amide bonds. The third-order valence-corrected chi connectivity index (χ3v) is 6.11. The first kappa shape index (κ1) is 18.3. The number of sulfonamides is 1. The highest BCUT2D eigenvalue weighted by molar-refractivity contribution is 7.92. The van der Waals surface area contributed by atoms with Gasteiger partial charge in [-0.3, -0.25) is 9.52 Å². The summed E-state index contributed by atoms with van der Waals surface area (Å²) < 4.78 is 33.5. The molecule has 0 saturated carbocycles. The summed E-state index contributed by atoms with van der Waals surface area (Å²) in [4.78, 5) is 13.6. The Morgan fingerprint density at radius 1 is 1.15 bits per heavy atom. The van der Waals surface area contributed by atoms with Gasteiger partial charge in [0.1, 0.15) is 5.75 Å². The zero-order valence-electron chi connectivity index (χ0n) is 15.3. The van der Waals surface area contributed by atoms with Crippen LogP contribution in [0.5, 0.6) is 5.75 Å². The van der Waals surface area contributed by atoms with Gasteiger partial charge >= 0.3 is 0 Å². The van der Waals surface area contributed by atoms with Crippen LogP contribution in [0, 0.1) is 13.8 Å². The van der Waals surface area contributed by atoms with Crippen molar-refractivity contribution in [3.8, 4) is 5.75 Å². The molecule has 0 saturated heterocycles. The molecule has 7 heteroatoms. The van der Waals surface area contributed by atoms with Gasteiger partial charge in [0.05, 0.1) is 12.0 Å². The first-order chi connectivity index (χ1) is 12.2. The van der Waals surface area contributed by atoms with E-state index in [0.29, 0.717) is 30.0 Å². The molecule has 0 radical (unpaired) electrons. The summed E-state index contributed by atoms with van der Waals surface area (Å²) in [5.41, 5.74) is 3.66. The van der Waals surface area contributed by atoms with Gasteiger partial charge in [0.25, 0.3) is 10.0 Å². The van der Waals surface area contributed by atoms with E-state index < -0.39 is 10.0 Å². The minimum Gasteiger partial charge on any atom is -0.496 e. The summed E-state index contributed by atoms with van der Waals surface area (Å²) >= 11 is 0. The van der Waals surface area contributed by atoms with Gasteiger partial charge in [0, 0.05) is 24.8 Å². The molecule has 138 valence electrons. The average molecular weight is 374 g/mol. The van der Waals surface area contributed by atoms with E-state index in [4.69, 9.17) is 4.74 Å². The van der Waals surface area contributed by atoms with Crippen LogP contribution in [0.4, 0.5) is 11.4 Å². The van der Waals surface area contributed by atoms with Crippen molar-refractivity contribution in [2.24, 2.45) is 0 Å². The maximum Gasteiger partial charge on any atom is 0.262 e. The van der Waals surface area contributed by atoms with Crippen molar-refractivity contribution < 1.29 is 17.9 Å². The molecule has 0 spiro atoms. The quantitative estimate of drug-likeness (QED) is 0.893. The number of rotatable bonds is 4. The molecule has 0 unspecified atom stereocenters. The molecule has 2 aromatic rings. The van der Waals surface area contributed by atoms with Gasteiger partial charge in [-0.15, -0.1) is 0 Å². The standard InChI is InChI=1S/C19H22N2O4S/c1-12-10-19(13(2)9-18(12)25-4)26(23,24)20-16-5-6-17-15(11-16)7-8-21(17)14(3)22/h5-6,9-11,20H,7-8H2,1-4H3. The number of benzene rings is 2. The van der Waals surface area contributed by atoms with E-state index in [1.807, 2.05) is 6.92 Å². The van der Waals surface area contributed by atoms with Crippen molar-refractivity contribution in [1.82, 2.24) is 0 Å². The normalized spacial score (nSPS) is 13.5. The maximum absolute atomic E-state index is 12.8. The lowest BCUT2D eigenvalue weighted by Gasteiger charge is -2.16. The summed E-state index contributed by atoms with van der Waals surface area (Å²) in [5, 5.41) is 0. The Morgan fingerprint density at radius 2 is 1.88 bits per heavy atom. The number of methoxy groups -OCH3 is 1. The molecule has 0 bridgehead atoms. The molecule has 3 rings (SSSR count). The molecule has 0 fully saturated rings. The Morgan fingerprint density at radius 3 is 2.54 bits per heavy atom. The summed E-state index contributed by atoms with van der Waals surface area (Å²) in [6.45, 7) is 5.70. The lowest BCUT2D eigenvalue weighted by molar-refractivity contribution is -0.116. The summed E-state index contributed by atoms with van der Waals surface area (Å²) in [7, 11) is -2.17. The number of aryl methyl sites for hydroxylation is 2. The third kappa shape index (κ3) is 3.26. The monoisotopic (exact) mass is 374 g/mol. The fraction of sp³-hybridized carbons (Fsp3) is 0.316. The summed E-state index contributed by atoms with van der Waals surface area (Å²) in [6, 6.07) is 8.59. The van der Waals surface area contributed by atoms with Crippen LogP contribution < -0.4 is 14.4 Å². The molecular formula is C19H22N2O4S. The molecular weight excluding hydrogens is 352 g/mol. The number of ether oxygens (including phenoxy) is 1. The molecule has 1 N–H and O–H groups in total. The highest BCUT2D eigenvalue weighted by atomic mass is 32.2. The minimum atomic E-state index is -3.72.